The molecule has 6 heteroatoms. The molecule has 0 N–H and O–H groups in total. The standard InChI is InChI=1S/C20H17ClFNO3/c1-13(20(25)23-12-11-14-5-2-3-8-18(14)23)26-19(24)10-9-15-16(21)6-4-7-17(15)22/h2-10,13H,11-12H2,1H3/b10-9+/t13-/m1/s1. The van der Waals surface area contributed by atoms with Gasteiger partial charge in [-0.3, -0.25) is 4.79 Å². The van der Waals surface area contributed by atoms with Crippen LogP contribution in [0.4, 0.5) is 10.1 Å². The van der Waals surface area contributed by atoms with Crippen molar-refractivity contribution >= 4 is 35.2 Å². The number of nitrogens with zero attached hydrogens (tertiary/aromatic N) is 1. The van der Waals surface area contributed by atoms with Crippen LogP contribution in [-0.4, -0.2) is 24.5 Å². The number of carbonyl (C=O) groups excluding carboxylic acids is 2. The van der Waals surface area contributed by atoms with Crippen molar-refractivity contribution in [2.75, 3.05) is 11.4 Å². The van der Waals surface area contributed by atoms with Crippen molar-refractivity contribution in [1.82, 2.24) is 0 Å². The van der Waals surface area contributed by atoms with Crippen LogP contribution in [0.5, 0.6) is 0 Å². The lowest BCUT2D eigenvalue weighted by Crippen LogP contribution is -2.38. The zero-order valence-electron chi connectivity index (χ0n) is 14.1. The van der Waals surface area contributed by atoms with E-state index in [1.54, 1.807) is 4.90 Å². The molecule has 3 rings (SSSR count). The highest BCUT2D eigenvalue weighted by molar-refractivity contribution is 6.32. The van der Waals surface area contributed by atoms with E-state index in [0.29, 0.717) is 6.54 Å². The third kappa shape index (κ3) is 3.78. The van der Waals surface area contributed by atoms with E-state index >= 15 is 0 Å². The number of anilines is 1. The minimum absolute atomic E-state index is 0.0959. The summed E-state index contributed by atoms with van der Waals surface area (Å²) < 4.78 is 18.8. The molecule has 26 heavy (non-hydrogen) atoms. The van der Waals surface area contributed by atoms with Crippen molar-refractivity contribution in [3.63, 3.8) is 0 Å². The molecular formula is C20H17ClFNO3. The van der Waals surface area contributed by atoms with Crippen LogP contribution in [0.2, 0.25) is 5.02 Å². The van der Waals surface area contributed by atoms with Gasteiger partial charge < -0.3 is 9.64 Å². The lowest BCUT2D eigenvalue weighted by atomic mass is 10.2. The van der Waals surface area contributed by atoms with Crippen molar-refractivity contribution in [1.29, 1.82) is 0 Å². The molecule has 0 unspecified atom stereocenters. The van der Waals surface area contributed by atoms with Crippen LogP contribution >= 0.6 is 11.6 Å². The van der Waals surface area contributed by atoms with Gasteiger partial charge in [-0.15, -0.1) is 0 Å². The first kappa shape index (κ1) is 18.1. The molecular weight excluding hydrogens is 357 g/mol. The summed E-state index contributed by atoms with van der Waals surface area (Å²) in [6.45, 7) is 2.08. The smallest absolute Gasteiger partial charge is 0.331 e. The molecule has 0 bridgehead atoms. The van der Waals surface area contributed by atoms with Gasteiger partial charge in [0.05, 0.1) is 5.02 Å². The number of hydrogen-bond acceptors (Lipinski definition) is 3. The van der Waals surface area contributed by atoms with Gasteiger partial charge in [-0.05, 0) is 43.2 Å². The van der Waals surface area contributed by atoms with E-state index in [9.17, 15) is 14.0 Å². The molecule has 0 aliphatic carbocycles. The number of fused-ring (bicyclic) bond motifs is 1. The van der Waals surface area contributed by atoms with Gasteiger partial charge in [0.2, 0.25) is 0 Å². The monoisotopic (exact) mass is 373 g/mol. The number of rotatable bonds is 4. The first-order valence-corrected chi connectivity index (χ1v) is 8.57. The summed E-state index contributed by atoms with van der Waals surface area (Å²) in [5, 5.41) is 0.187. The Labute approximate surface area is 155 Å². The molecule has 1 aliphatic rings. The topological polar surface area (TPSA) is 46.6 Å². The minimum atomic E-state index is -0.950. The predicted molar refractivity (Wildman–Crippen MR) is 98.5 cm³/mol. The van der Waals surface area contributed by atoms with E-state index in [-0.39, 0.29) is 16.5 Å². The number of hydrogen-bond donors (Lipinski definition) is 0. The van der Waals surface area contributed by atoms with E-state index in [2.05, 4.69) is 0 Å². The van der Waals surface area contributed by atoms with Crippen LogP contribution in [0.15, 0.2) is 48.5 Å². The first-order valence-electron chi connectivity index (χ1n) is 8.19. The first-order chi connectivity index (χ1) is 12.5. The van der Waals surface area contributed by atoms with Crippen LogP contribution in [0, 0.1) is 5.82 Å². The SMILES string of the molecule is C[C@@H](OC(=O)/C=C/c1c(F)cccc1Cl)C(=O)N1CCc2ccccc21. The summed E-state index contributed by atoms with van der Waals surface area (Å²) in [5.41, 5.74) is 2.03. The van der Waals surface area contributed by atoms with Crippen molar-refractivity contribution < 1.29 is 18.7 Å². The van der Waals surface area contributed by atoms with E-state index in [1.807, 2.05) is 24.3 Å². The molecule has 4 nitrogen and oxygen atoms in total. The largest absolute Gasteiger partial charge is 0.449 e. The van der Waals surface area contributed by atoms with E-state index < -0.39 is 17.9 Å². The second-order valence-corrected chi connectivity index (χ2v) is 6.32. The van der Waals surface area contributed by atoms with Crippen LogP contribution in [0.25, 0.3) is 6.08 Å². The Morgan fingerprint density at radius 2 is 2.00 bits per heavy atom. The Kier molecular flexibility index (Phi) is 5.38. The molecule has 2 aromatic carbocycles. The van der Waals surface area contributed by atoms with Gasteiger partial charge in [-0.25, -0.2) is 9.18 Å². The fourth-order valence-electron chi connectivity index (χ4n) is 2.87. The minimum Gasteiger partial charge on any atom is -0.449 e. The van der Waals surface area contributed by atoms with Crippen LogP contribution in [-0.2, 0) is 20.7 Å². The molecule has 1 aliphatic heterocycles. The number of ether oxygens (including phenoxy) is 1. The van der Waals surface area contributed by atoms with Gasteiger partial charge in [-0.2, -0.15) is 0 Å². The Hall–Kier alpha value is -2.66. The summed E-state index contributed by atoms with van der Waals surface area (Å²) in [7, 11) is 0. The van der Waals surface area contributed by atoms with Crippen molar-refractivity contribution in [2.24, 2.45) is 0 Å². The van der Waals surface area contributed by atoms with Gasteiger partial charge in [0.25, 0.3) is 5.91 Å². The molecule has 0 aromatic heterocycles. The molecule has 2 aromatic rings. The average Bonchev–Trinajstić information content (AvgIpc) is 3.04. The Morgan fingerprint density at radius 3 is 2.77 bits per heavy atom. The average molecular weight is 374 g/mol. The zero-order chi connectivity index (χ0) is 18.7. The highest BCUT2D eigenvalue weighted by Gasteiger charge is 2.29. The van der Waals surface area contributed by atoms with Crippen molar-refractivity contribution in [3.8, 4) is 0 Å². The van der Waals surface area contributed by atoms with Gasteiger partial charge in [0, 0.05) is 23.9 Å². The summed E-state index contributed by atoms with van der Waals surface area (Å²) >= 11 is 5.90. The zero-order valence-corrected chi connectivity index (χ0v) is 14.9. The maximum absolute atomic E-state index is 13.7. The summed E-state index contributed by atoms with van der Waals surface area (Å²) in [5.74, 6) is -1.57. The Morgan fingerprint density at radius 1 is 1.23 bits per heavy atom. The highest BCUT2D eigenvalue weighted by Crippen LogP contribution is 2.28. The second kappa shape index (κ2) is 7.70. The van der Waals surface area contributed by atoms with Gasteiger partial charge >= 0.3 is 5.97 Å². The van der Waals surface area contributed by atoms with E-state index in [0.717, 1.165) is 23.7 Å². The fourth-order valence-corrected chi connectivity index (χ4v) is 3.10. The number of esters is 1. The van der Waals surface area contributed by atoms with Crippen molar-refractivity contribution in [2.45, 2.75) is 19.4 Å². The number of amides is 1. The summed E-state index contributed by atoms with van der Waals surface area (Å²) in [6, 6.07) is 11.9. The summed E-state index contributed by atoms with van der Waals surface area (Å²) in [4.78, 5) is 26.2. The third-order valence-electron chi connectivity index (χ3n) is 4.18. The fraction of sp³-hybridized carbons (Fsp3) is 0.200. The normalized spacial score (nSPS) is 14.3. The van der Waals surface area contributed by atoms with Crippen LogP contribution in [0.1, 0.15) is 18.1 Å². The molecule has 0 spiro atoms. The molecule has 0 saturated heterocycles. The number of halogens is 2. The van der Waals surface area contributed by atoms with Gasteiger partial charge in [0.1, 0.15) is 5.82 Å². The molecule has 0 radical (unpaired) electrons. The molecule has 0 saturated carbocycles. The Balaban J connectivity index is 1.65. The quantitative estimate of drug-likeness (QED) is 0.601. The van der Waals surface area contributed by atoms with Gasteiger partial charge in [0.15, 0.2) is 6.10 Å². The predicted octanol–water partition coefficient (Wildman–Crippen LogP) is 4.01. The number of carbonyl (C=O) groups is 2. The van der Waals surface area contributed by atoms with Gasteiger partial charge in [-0.1, -0.05) is 35.9 Å². The molecule has 0 fully saturated rings. The molecule has 134 valence electrons. The molecule has 1 atom stereocenters. The van der Waals surface area contributed by atoms with Crippen molar-refractivity contribution in [3.05, 3.63) is 70.5 Å². The maximum Gasteiger partial charge on any atom is 0.331 e. The van der Waals surface area contributed by atoms with Crippen LogP contribution < -0.4 is 4.90 Å². The number of para-hydroxylation sites is 1. The lowest BCUT2D eigenvalue weighted by Gasteiger charge is -2.21. The number of benzene rings is 2. The maximum atomic E-state index is 13.7. The highest BCUT2D eigenvalue weighted by atomic mass is 35.5. The second-order valence-electron chi connectivity index (χ2n) is 5.92. The molecule has 1 heterocycles. The van der Waals surface area contributed by atoms with E-state index in [1.165, 1.54) is 31.2 Å². The summed E-state index contributed by atoms with van der Waals surface area (Å²) in [6.07, 6.45) is 2.12. The Bertz CT molecular complexity index is 861. The van der Waals surface area contributed by atoms with E-state index in [4.69, 9.17) is 16.3 Å². The third-order valence-corrected chi connectivity index (χ3v) is 4.51. The molecule has 1 amide bonds. The van der Waals surface area contributed by atoms with Crippen LogP contribution in [0.3, 0.4) is 0 Å². The lowest BCUT2D eigenvalue weighted by molar-refractivity contribution is -0.149.